The van der Waals surface area contributed by atoms with Crippen molar-refractivity contribution in [2.24, 2.45) is 22.7 Å². The zero-order valence-electron chi connectivity index (χ0n) is 23.1. The van der Waals surface area contributed by atoms with Gasteiger partial charge in [-0.05, 0) is 44.8 Å². The van der Waals surface area contributed by atoms with Crippen LogP contribution < -0.4 is 0 Å². The molecule has 9 atom stereocenters. The summed E-state index contributed by atoms with van der Waals surface area (Å²) in [6.07, 6.45) is -6.24. The summed E-state index contributed by atoms with van der Waals surface area (Å²) in [6.45, 7) is 11.0. The molecule has 3 aliphatic carbocycles. The molecular formula is C26H37AcCl3O9. The number of rotatable bonds is 2. The molecule has 1 radical (unpaired) electrons. The molecule has 9 nitrogen and oxygen atoms in total. The maximum Gasteiger partial charge on any atom is 0.509 e. The van der Waals surface area contributed by atoms with Gasteiger partial charge < -0.3 is 34.6 Å². The number of Topliss-reactive ketones (excluding diaryl/α,β-unsaturated/α-hetero) is 1. The van der Waals surface area contributed by atoms with Crippen molar-refractivity contribution in [3.8, 4) is 0 Å². The van der Waals surface area contributed by atoms with E-state index >= 15 is 0 Å². The number of hydrogen-bond donors (Lipinski definition) is 4. The summed E-state index contributed by atoms with van der Waals surface area (Å²) >= 11 is 17.8. The molecule has 4 rings (SSSR count). The fourth-order valence-electron chi connectivity index (χ4n) is 7.56. The van der Waals surface area contributed by atoms with E-state index in [0.29, 0.717) is 5.57 Å². The molecule has 4 N–H and O–H groups in total. The van der Waals surface area contributed by atoms with Crippen LogP contribution in [0.4, 0.5) is 4.79 Å². The van der Waals surface area contributed by atoms with Crippen LogP contribution in [-0.4, -0.2) is 84.0 Å². The predicted molar refractivity (Wildman–Crippen MR) is 139 cm³/mol. The van der Waals surface area contributed by atoms with Crippen molar-refractivity contribution < 1.29 is 88.3 Å². The molecule has 1 saturated heterocycles. The Morgan fingerprint density at radius 1 is 1.13 bits per heavy atom. The summed E-state index contributed by atoms with van der Waals surface area (Å²) in [5.74, 6) is -2.54. The SMILES string of the molecule is CC1=C2C(O)C(=O)C3(C)C(OC(=O)OC(C)(C)C(Cl)(Cl)Cl)CC4OCC4(O)C3C(C)C(O)(CC1O)C2(C)C.[Ac]. The minimum Gasteiger partial charge on any atom is -0.430 e. The van der Waals surface area contributed by atoms with Gasteiger partial charge in [0.05, 0.1) is 29.8 Å². The van der Waals surface area contributed by atoms with Crippen molar-refractivity contribution in [2.75, 3.05) is 6.61 Å². The van der Waals surface area contributed by atoms with Crippen LogP contribution in [0.2, 0.25) is 0 Å². The molecule has 0 aromatic rings. The first-order valence-electron chi connectivity index (χ1n) is 12.7. The van der Waals surface area contributed by atoms with Gasteiger partial charge in [-0.1, -0.05) is 55.6 Å². The molecule has 2 bridgehead atoms. The van der Waals surface area contributed by atoms with E-state index in [2.05, 4.69) is 0 Å². The number of carbonyl (C=O) groups is 2. The van der Waals surface area contributed by atoms with Gasteiger partial charge in [0.2, 0.25) is 3.79 Å². The molecule has 13 heteroatoms. The molecule has 0 spiro atoms. The monoisotopic (exact) mass is 825 g/mol. The first-order valence-corrected chi connectivity index (χ1v) is 13.8. The van der Waals surface area contributed by atoms with E-state index in [4.69, 9.17) is 49.0 Å². The minimum absolute atomic E-state index is 0. The van der Waals surface area contributed by atoms with Gasteiger partial charge in [-0.25, -0.2) is 4.79 Å². The van der Waals surface area contributed by atoms with Crippen molar-refractivity contribution in [1.82, 2.24) is 0 Å². The average molecular weight is 827 g/mol. The van der Waals surface area contributed by atoms with Crippen molar-refractivity contribution in [1.29, 1.82) is 0 Å². The summed E-state index contributed by atoms with van der Waals surface area (Å²) in [6, 6.07) is 0. The van der Waals surface area contributed by atoms with Crippen LogP contribution >= 0.6 is 34.8 Å². The summed E-state index contributed by atoms with van der Waals surface area (Å²) < 4.78 is 14.7. The van der Waals surface area contributed by atoms with E-state index in [1.165, 1.54) is 20.8 Å². The third-order valence-electron chi connectivity index (χ3n) is 10.1. The number of aliphatic hydroxyl groups excluding tert-OH is 2. The number of fused-ring (bicyclic) bond motifs is 5. The topological polar surface area (TPSA) is 143 Å². The van der Waals surface area contributed by atoms with Gasteiger partial charge in [0.1, 0.15) is 17.8 Å². The van der Waals surface area contributed by atoms with Gasteiger partial charge in [0.25, 0.3) is 0 Å². The zero-order chi connectivity index (χ0) is 29.0. The van der Waals surface area contributed by atoms with Crippen molar-refractivity contribution in [3.05, 3.63) is 11.1 Å². The van der Waals surface area contributed by atoms with E-state index in [0.717, 1.165) is 0 Å². The summed E-state index contributed by atoms with van der Waals surface area (Å²) in [5, 5.41) is 46.5. The Hall–Kier alpha value is 0.792. The number of alkyl halides is 3. The first-order chi connectivity index (χ1) is 17.1. The molecular weight excluding hydrogens is 790 g/mol. The average Bonchev–Trinajstić information content (AvgIpc) is 2.76. The van der Waals surface area contributed by atoms with Gasteiger partial charge in [0, 0.05) is 68.2 Å². The van der Waals surface area contributed by atoms with Crippen LogP contribution in [0.3, 0.4) is 0 Å². The Balaban J connectivity index is 0.00000420. The summed E-state index contributed by atoms with van der Waals surface area (Å²) in [7, 11) is 0. The maximum atomic E-state index is 14.3. The molecule has 1 aliphatic heterocycles. The van der Waals surface area contributed by atoms with E-state index in [-0.39, 0.29) is 69.1 Å². The number of ketones is 1. The van der Waals surface area contributed by atoms with Crippen molar-refractivity contribution >= 4 is 46.7 Å². The summed E-state index contributed by atoms with van der Waals surface area (Å²) in [5.41, 5.74) is -7.01. The molecule has 9 unspecified atom stereocenters. The Bertz CT molecular complexity index is 1080. The Kier molecular flexibility index (Phi) is 9.19. The number of halogens is 3. The Labute approximate surface area is 279 Å². The molecule has 2 saturated carbocycles. The third kappa shape index (κ3) is 4.78. The molecule has 0 amide bonds. The third-order valence-corrected chi connectivity index (χ3v) is 11.5. The van der Waals surface area contributed by atoms with Gasteiger partial charge >= 0.3 is 6.16 Å². The quantitative estimate of drug-likeness (QED) is 0.188. The van der Waals surface area contributed by atoms with E-state index in [9.17, 15) is 30.0 Å². The van der Waals surface area contributed by atoms with Crippen LogP contribution in [0.25, 0.3) is 0 Å². The fourth-order valence-corrected chi connectivity index (χ4v) is 7.67. The summed E-state index contributed by atoms with van der Waals surface area (Å²) in [4.78, 5) is 27.3. The van der Waals surface area contributed by atoms with Gasteiger partial charge in [0.15, 0.2) is 11.4 Å². The predicted octanol–water partition coefficient (Wildman–Crippen LogP) is 3.23. The van der Waals surface area contributed by atoms with Crippen LogP contribution in [-0.2, 0) is 19.0 Å². The van der Waals surface area contributed by atoms with Crippen molar-refractivity contribution in [2.45, 2.75) is 106 Å². The molecule has 3 fully saturated rings. The molecule has 0 aromatic heterocycles. The number of carbonyl (C=O) groups excluding carboxylic acids is 2. The zero-order valence-corrected chi connectivity index (χ0v) is 30.1. The van der Waals surface area contributed by atoms with Crippen molar-refractivity contribution in [3.63, 3.8) is 0 Å². The van der Waals surface area contributed by atoms with Crippen LogP contribution in [0.5, 0.6) is 0 Å². The molecule has 219 valence electrons. The van der Waals surface area contributed by atoms with Gasteiger partial charge in [-0.3, -0.25) is 4.79 Å². The van der Waals surface area contributed by atoms with E-state index in [1.54, 1.807) is 27.7 Å². The second-order valence-corrected chi connectivity index (χ2v) is 15.0. The Morgan fingerprint density at radius 2 is 1.69 bits per heavy atom. The number of aliphatic hydroxyl groups is 4. The van der Waals surface area contributed by atoms with Crippen LogP contribution in [0, 0.1) is 66.7 Å². The molecule has 39 heavy (non-hydrogen) atoms. The Morgan fingerprint density at radius 3 is 2.18 bits per heavy atom. The molecule has 4 aliphatic rings. The van der Waals surface area contributed by atoms with Crippen LogP contribution in [0.15, 0.2) is 11.1 Å². The standard InChI is InChI=1S/C26H37Cl3O9.Ac/c1-11-13(30)9-25(35)12(2)18-23(7,19(32)17(31)16(11)21(25,3)4)14(8-15-24(18,34)10-36-15)37-20(33)38-22(5,6)26(27,28)29;/h12-15,17-18,30-31,34-35H,8-10H2,1-7H3;. The largest absolute Gasteiger partial charge is 0.509 e. The maximum absolute atomic E-state index is 14.3. The van der Waals surface area contributed by atoms with Gasteiger partial charge in [-0.2, -0.15) is 0 Å². The van der Waals surface area contributed by atoms with Crippen LogP contribution in [0.1, 0.15) is 61.3 Å². The minimum atomic E-state index is -1.99. The molecule has 0 aromatic carbocycles. The second-order valence-electron chi connectivity index (χ2n) is 12.7. The smallest absolute Gasteiger partial charge is 0.430 e. The fraction of sp³-hybridized carbons (Fsp3) is 0.846. The van der Waals surface area contributed by atoms with E-state index in [1.807, 2.05) is 0 Å². The molecule has 1 heterocycles. The second kappa shape index (κ2) is 10.5. The first kappa shape index (κ1) is 34.3. The van der Waals surface area contributed by atoms with E-state index < -0.39 is 79.6 Å². The number of ether oxygens (including phenoxy) is 3. The number of hydrogen-bond acceptors (Lipinski definition) is 9. The van der Waals surface area contributed by atoms with Gasteiger partial charge in [-0.15, -0.1) is 0 Å². The normalized spacial score (nSPS) is 43.6.